The van der Waals surface area contributed by atoms with Crippen LogP contribution in [0, 0.1) is 0 Å². The van der Waals surface area contributed by atoms with Crippen LogP contribution in [-0.4, -0.2) is 42.3 Å². The Hall–Kier alpha value is -0.450. The lowest BCUT2D eigenvalue weighted by molar-refractivity contribution is -0.128. The van der Waals surface area contributed by atoms with E-state index >= 15 is 0 Å². The summed E-state index contributed by atoms with van der Waals surface area (Å²) < 4.78 is 0. The number of amides is 1. The molecular weight excluding hydrogens is 339 g/mol. The monoisotopic (exact) mass is 350 g/mol. The number of rotatable bonds is 2. The quantitative estimate of drug-likeness (QED) is 0.764. The summed E-state index contributed by atoms with van der Waals surface area (Å²) in [6, 6.07) is 5.62. The third-order valence-electron chi connectivity index (χ3n) is 3.02. The van der Waals surface area contributed by atoms with Crippen LogP contribution in [0.3, 0.4) is 0 Å². The van der Waals surface area contributed by atoms with Gasteiger partial charge in [0.25, 0.3) is 0 Å². The lowest BCUT2D eigenvalue weighted by atomic mass is 10.2. The number of hydrogen-bond donors (Lipinski definition) is 0. The van der Waals surface area contributed by atoms with E-state index < -0.39 is 0 Å². The normalized spacial score (nSPS) is 15.9. The maximum atomic E-state index is 11.5. The molecule has 0 aliphatic carbocycles. The van der Waals surface area contributed by atoms with Crippen LogP contribution in [-0.2, 0) is 4.79 Å². The van der Waals surface area contributed by atoms with Gasteiger partial charge in [-0.05, 0) is 18.2 Å². The number of piperazine rings is 1. The minimum absolute atomic E-state index is 0.142. The molecule has 18 heavy (non-hydrogen) atoms. The van der Waals surface area contributed by atoms with Crippen LogP contribution in [0.2, 0.25) is 10.0 Å². The first-order chi connectivity index (χ1) is 8.61. The van der Waals surface area contributed by atoms with Crippen molar-refractivity contribution < 1.29 is 4.79 Å². The molecule has 1 aromatic carbocycles. The highest BCUT2D eigenvalue weighted by Gasteiger charge is 2.20. The predicted octanol–water partition coefficient (Wildman–Crippen LogP) is 3.04. The number of halogens is 3. The fraction of sp³-hybridized carbons (Fsp3) is 0.417. The Balaban J connectivity index is 2.01. The summed E-state index contributed by atoms with van der Waals surface area (Å²) in [5.74, 6) is 0.142. The summed E-state index contributed by atoms with van der Waals surface area (Å²) in [6.45, 7) is 3.11. The number of nitrogens with zero attached hydrogens (tertiary/aromatic N) is 2. The van der Waals surface area contributed by atoms with Gasteiger partial charge in [0.1, 0.15) is 0 Å². The van der Waals surface area contributed by atoms with Crippen LogP contribution in [0.25, 0.3) is 0 Å². The molecule has 0 atom stereocenters. The average molecular weight is 352 g/mol. The first-order valence-corrected chi connectivity index (χ1v) is 7.53. The van der Waals surface area contributed by atoms with Gasteiger partial charge < -0.3 is 9.80 Å². The molecular formula is C12H13BrCl2N2O. The van der Waals surface area contributed by atoms with Crippen LogP contribution >= 0.6 is 39.1 Å². The first kappa shape index (κ1) is 14.0. The summed E-state index contributed by atoms with van der Waals surface area (Å²) in [5, 5.41) is 1.52. The molecule has 1 heterocycles. The summed E-state index contributed by atoms with van der Waals surface area (Å²) in [6.07, 6.45) is 0. The third kappa shape index (κ3) is 3.11. The highest BCUT2D eigenvalue weighted by Crippen LogP contribution is 2.27. The second kappa shape index (κ2) is 6.13. The third-order valence-corrected chi connectivity index (χ3v) is 4.23. The minimum atomic E-state index is 0.142. The van der Waals surface area contributed by atoms with E-state index in [0.717, 1.165) is 31.9 Å². The van der Waals surface area contributed by atoms with E-state index in [2.05, 4.69) is 20.8 Å². The molecule has 98 valence electrons. The van der Waals surface area contributed by atoms with Crippen molar-refractivity contribution in [2.75, 3.05) is 36.4 Å². The summed E-state index contributed by atoms with van der Waals surface area (Å²) in [7, 11) is 0. The van der Waals surface area contributed by atoms with Gasteiger partial charge in [-0.25, -0.2) is 0 Å². The molecule has 1 aliphatic heterocycles. The Bertz CT molecular complexity index is 448. The lowest BCUT2D eigenvalue weighted by Crippen LogP contribution is -2.49. The maximum Gasteiger partial charge on any atom is 0.233 e. The molecule has 1 fully saturated rings. The van der Waals surface area contributed by atoms with Crippen molar-refractivity contribution in [1.82, 2.24) is 4.90 Å². The molecule has 2 rings (SSSR count). The predicted molar refractivity (Wildman–Crippen MR) is 79.0 cm³/mol. The van der Waals surface area contributed by atoms with E-state index in [1.807, 2.05) is 17.0 Å². The van der Waals surface area contributed by atoms with Crippen LogP contribution in [0.4, 0.5) is 5.69 Å². The van der Waals surface area contributed by atoms with Crippen molar-refractivity contribution in [3.8, 4) is 0 Å². The van der Waals surface area contributed by atoms with Gasteiger partial charge >= 0.3 is 0 Å². The smallest absolute Gasteiger partial charge is 0.233 e. The molecule has 1 aromatic rings. The molecule has 0 unspecified atom stereocenters. The molecule has 0 N–H and O–H groups in total. The fourth-order valence-electron chi connectivity index (χ4n) is 1.98. The van der Waals surface area contributed by atoms with Gasteiger partial charge in [0, 0.05) is 31.9 Å². The van der Waals surface area contributed by atoms with E-state index in [9.17, 15) is 4.79 Å². The number of alkyl halides is 1. The van der Waals surface area contributed by atoms with Crippen LogP contribution in [0.5, 0.6) is 0 Å². The van der Waals surface area contributed by atoms with E-state index in [4.69, 9.17) is 23.2 Å². The zero-order chi connectivity index (χ0) is 13.1. The van der Waals surface area contributed by atoms with Gasteiger partial charge in [0.15, 0.2) is 0 Å². The number of benzene rings is 1. The Morgan fingerprint density at radius 2 is 1.83 bits per heavy atom. The van der Waals surface area contributed by atoms with Gasteiger partial charge in [-0.15, -0.1) is 0 Å². The van der Waals surface area contributed by atoms with Crippen LogP contribution < -0.4 is 4.90 Å². The Kier molecular flexibility index (Phi) is 4.76. The van der Waals surface area contributed by atoms with Gasteiger partial charge in [0.2, 0.25) is 5.91 Å². The molecule has 0 bridgehead atoms. The Morgan fingerprint density at radius 1 is 1.17 bits per heavy atom. The van der Waals surface area contributed by atoms with Crippen LogP contribution in [0.1, 0.15) is 0 Å². The van der Waals surface area contributed by atoms with Gasteiger partial charge in [-0.1, -0.05) is 39.1 Å². The van der Waals surface area contributed by atoms with Crippen molar-refractivity contribution >= 4 is 50.7 Å². The second-order valence-corrected chi connectivity index (χ2v) is 5.48. The first-order valence-electron chi connectivity index (χ1n) is 5.65. The van der Waals surface area contributed by atoms with Crippen molar-refractivity contribution in [2.24, 2.45) is 0 Å². The summed E-state index contributed by atoms with van der Waals surface area (Å²) in [5.41, 5.74) is 1.05. The molecule has 0 aromatic heterocycles. The Labute approximate surface area is 125 Å². The average Bonchev–Trinajstić information content (AvgIpc) is 2.41. The topological polar surface area (TPSA) is 23.6 Å². The molecule has 6 heteroatoms. The van der Waals surface area contributed by atoms with Crippen molar-refractivity contribution in [3.05, 3.63) is 28.2 Å². The van der Waals surface area contributed by atoms with Gasteiger partial charge in [-0.2, -0.15) is 0 Å². The Morgan fingerprint density at radius 3 is 2.39 bits per heavy atom. The number of hydrogen-bond acceptors (Lipinski definition) is 2. The number of carbonyl (C=O) groups excluding carboxylic acids is 1. The van der Waals surface area contributed by atoms with Gasteiger partial charge in [-0.3, -0.25) is 4.79 Å². The van der Waals surface area contributed by atoms with Gasteiger partial charge in [0.05, 0.1) is 15.4 Å². The number of anilines is 1. The molecule has 1 saturated heterocycles. The van der Waals surface area contributed by atoms with Crippen LogP contribution in [0.15, 0.2) is 18.2 Å². The van der Waals surface area contributed by atoms with Crippen molar-refractivity contribution in [2.45, 2.75) is 0 Å². The second-order valence-electron chi connectivity index (χ2n) is 4.10. The van der Waals surface area contributed by atoms with E-state index in [1.54, 1.807) is 6.07 Å². The molecule has 1 aliphatic rings. The molecule has 0 saturated carbocycles. The maximum absolute atomic E-state index is 11.5. The number of carbonyl (C=O) groups is 1. The standard InChI is InChI=1S/C12H13BrCl2N2O/c13-8-12(18)17-5-3-16(4-6-17)9-1-2-10(14)11(15)7-9/h1-2,7H,3-6,8H2. The van der Waals surface area contributed by atoms with Crippen molar-refractivity contribution in [1.29, 1.82) is 0 Å². The molecule has 0 radical (unpaired) electrons. The minimum Gasteiger partial charge on any atom is -0.368 e. The summed E-state index contributed by atoms with van der Waals surface area (Å²) in [4.78, 5) is 15.6. The lowest BCUT2D eigenvalue weighted by Gasteiger charge is -2.36. The fourth-order valence-corrected chi connectivity index (χ4v) is 2.63. The molecule has 0 spiro atoms. The van der Waals surface area contributed by atoms with E-state index in [1.165, 1.54) is 0 Å². The molecule has 3 nitrogen and oxygen atoms in total. The SMILES string of the molecule is O=C(CBr)N1CCN(c2ccc(Cl)c(Cl)c2)CC1. The van der Waals surface area contributed by atoms with E-state index in [0.29, 0.717) is 15.4 Å². The summed E-state index contributed by atoms with van der Waals surface area (Å²) >= 11 is 15.1. The zero-order valence-corrected chi connectivity index (χ0v) is 12.8. The van der Waals surface area contributed by atoms with E-state index in [-0.39, 0.29) is 5.91 Å². The molecule has 1 amide bonds. The van der Waals surface area contributed by atoms with Crippen molar-refractivity contribution in [3.63, 3.8) is 0 Å². The highest BCUT2D eigenvalue weighted by atomic mass is 79.9. The zero-order valence-electron chi connectivity index (χ0n) is 9.70. The highest BCUT2D eigenvalue weighted by molar-refractivity contribution is 9.09. The largest absolute Gasteiger partial charge is 0.368 e.